The van der Waals surface area contributed by atoms with Gasteiger partial charge in [-0.1, -0.05) is 6.92 Å². The molecule has 0 bridgehead atoms. The Morgan fingerprint density at radius 3 is 2.82 bits per heavy atom. The summed E-state index contributed by atoms with van der Waals surface area (Å²) in [5.74, 6) is -0.298. The number of sulfonamides is 1. The third-order valence-corrected chi connectivity index (χ3v) is 5.85. The molecule has 1 aromatic heterocycles. The Hall–Kier alpha value is -1.38. The Balaban J connectivity index is 2.36. The first-order chi connectivity index (χ1) is 10.4. The molecule has 2 N–H and O–H groups in total. The predicted molar refractivity (Wildman–Crippen MR) is 84.3 cm³/mol. The molecule has 0 aromatic carbocycles. The van der Waals surface area contributed by atoms with Crippen molar-refractivity contribution in [2.75, 3.05) is 26.7 Å². The van der Waals surface area contributed by atoms with Crippen LogP contribution in [0.5, 0.6) is 0 Å². The minimum atomic E-state index is -3.60. The predicted octanol–water partition coefficient (Wildman–Crippen LogP) is 0.147. The molecule has 2 rings (SSSR count). The summed E-state index contributed by atoms with van der Waals surface area (Å²) in [6.45, 7) is 3.96. The summed E-state index contributed by atoms with van der Waals surface area (Å²) in [5, 5.41) is 5.72. The highest BCUT2D eigenvalue weighted by Gasteiger charge is 2.33. The van der Waals surface area contributed by atoms with E-state index in [1.165, 1.54) is 19.3 Å². The Kier molecular flexibility index (Phi) is 5.25. The lowest BCUT2D eigenvalue weighted by Gasteiger charge is -2.26. The molecule has 0 spiro atoms. The van der Waals surface area contributed by atoms with Crippen molar-refractivity contribution in [1.29, 1.82) is 0 Å². The largest absolute Gasteiger partial charge is 0.354 e. The first-order valence-corrected chi connectivity index (χ1v) is 8.96. The number of hydrogen-bond donors (Lipinski definition) is 2. The molecule has 1 unspecified atom stereocenters. The summed E-state index contributed by atoms with van der Waals surface area (Å²) in [6.07, 6.45) is 3.07. The Morgan fingerprint density at radius 1 is 1.55 bits per heavy atom. The zero-order valence-corrected chi connectivity index (χ0v) is 14.1. The highest BCUT2D eigenvalue weighted by Crippen LogP contribution is 2.23. The number of amides is 1. The van der Waals surface area contributed by atoms with Crippen molar-refractivity contribution < 1.29 is 13.2 Å². The molecular weight excluding hydrogens is 304 g/mol. The van der Waals surface area contributed by atoms with Gasteiger partial charge in [0.15, 0.2) is 0 Å². The van der Waals surface area contributed by atoms with Crippen molar-refractivity contribution in [3.05, 3.63) is 18.0 Å². The number of nitrogens with zero attached hydrogens (tertiary/aromatic N) is 2. The maximum Gasteiger partial charge on any atom is 0.267 e. The molecule has 22 heavy (non-hydrogen) atoms. The average Bonchev–Trinajstić information content (AvgIpc) is 3.13. The fourth-order valence-corrected chi connectivity index (χ4v) is 4.59. The molecule has 0 aliphatic carbocycles. The van der Waals surface area contributed by atoms with E-state index < -0.39 is 10.0 Å². The first-order valence-electron chi connectivity index (χ1n) is 7.52. The number of aromatic nitrogens is 1. The summed E-state index contributed by atoms with van der Waals surface area (Å²) < 4.78 is 29.0. The molecule has 1 amide bonds. The van der Waals surface area contributed by atoms with Crippen LogP contribution in [0.15, 0.2) is 17.2 Å². The van der Waals surface area contributed by atoms with Crippen LogP contribution in [0.1, 0.15) is 30.3 Å². The third-order valence-electron chi connectivity index (χ3n) is 3.93. The van der Waals surface area contributed by atoms with Gasteiger partial charge in [0.05, 0.1) is 0 Å². The molecule has 124 valence electrons. The van der Waals surface area contributed by atoms with E-state index in [1.807, 2.05) is 6.92 Å². The van der Waals surface area contributed by atoms with Gasteiger partial charge in [-0.05, 0) is 25.5 Å². The van der Waals surface area contributed by atoms with Crippen molar-refractivity contribution in [1.82, 2.24) is 19.5 Å². The van der Waals surface area contributed by atoms with E-state index in [1.54, 1.807) is 15.9 Å². The fourth-order valence-electron chi connectivity index (χ4n) is 2.77. The van der Waals surface area contributed by atoms with E-state index in [2.05, 4.69) is 10.6 Å². The molecule has 2 heterocycles. The van der Waals surface area contributed by atoms with Gasteiger partial charge in [0, 0.05) is 39.4 Å². The van der Waals surface area contributed by atoms with Crippen LogP contribution < -0.4 is 10.6 Å². The lowest BCUT2D eigenvalue weighted by Crippen LogP contribution is -2.41. The minimum absolute atomic E-state index is 0.0198. The summed E-state index contributed by atoms with van der Waals surface area (Å²) >= 11 is 0. The maximum absolute atomic E-state index is 12.9. The second-order valence-corrected chi connectivity index (χ2v) is 7.40. The molecule has 1 aliphatic rings. The van der Waals surface area contributed by atoms with Crippen LogP contribution in [0.3, 0.4) is 0 Å². The van der Waals surface area contributed by atoms with E-state index in [0.29, 0.717) is 18.8 Å². The molecule has 1 aromatic rings. The Bertz CT molecular complexity index is 633. The number of carbonyl (C=O) groups is 1. The summed E-state index contributed by atoms with van der Waals surface area (Å²) in [4.78, 5) is 12.0. The highest BCUT2D eigenvalue weighted by molar-refractivity contribution is 7.89. The minimum Gasteiger partial charge on any atom is -0.354 e. The molecule has 8 heteroatoms. The fraction of sp³-hybridized carbons (Fsp3) is 0.643. The van der Waals surface area contributed by atoms with Crippen LogP contribution in [0, 0.1) is 0 Å². The standard InChI is InChI=1S/C14H24N4O3S/c1-4-7-18(11-5-6-16-9-11)22(20,21)12-8-13(14(19)15-2)17(3)10-12/h8,10-11,16H,4-7,9H2,1-3H3,(H,15,19). The van der Waals surface area contributed by atoms with Gasteiger partial charge in [-0.15, -0.1) is 0 Å². The first kappa shape index (κ1) is 17.0. The van der Waals surface area contributed by atoms with Gasteiger partial charge in [0.2, 0.25) is 10.0 Å². The van der Waals surface area contributed by atoms with Gasteiger partial charge in [0.1, 0.15) is 10.6 Å². The van der Waals surface area contributed by atoms with Crippen LogP contribution in [0.2, 0.25) is 0 Å². The average molecular weight is 328 g/mol. The van der Waals surface area contributed by atoms with Gasteiger partial charge in [-0.25, -0.2) is 8.42 Å². The Labute approximate surface area is 131 Å². The summed E-state index contributed by atoms with van der Waals surface area (Å²) in [7, 11) is -0.401. The molecule has 0 radical (unpaired) electrons. The number of rotatable bonds is 6. The van der Waals surface area contributed by atoms with Gasteiger partial charge in [-0.3, -0.25) is 4.79 Å². The van der Waals surface area contributed by atoms with Crippen molar-refractivity contribution >= 4 is 15.9 Å². The molecular formula is C14H24N4O3S. The van der Waals surface area contributed by atoms with E-state index in [0.717, 1.165) is 19.4 Å². The summed E-state index contributed by atoms with van der Waals surface area (Å²) in [6, 6.07) is 1.42. The number of aryl methyl sites for hydroxylation is 1. The van der Waals surface area contributed by atoms with Crippen LogP contribution in [0.25, 0.3) is 0 Å². The SMILES string of the molecule is CCCN(C1CCNC1)S(=O)(=O)c1cc(C(=O)NC)n(C)c1. The molecule has 7 nitrogen and oxygen atoms in total. The van der Waals surface area contributed by atoms with Crippen molar-refractivity contribution in [3.8, 4) is 0 Å². The van der Waals surface area contributed by atoms with Crippen LogP contribution >= 0.6 is 0 Å². The molecule has 1 fully saturated rings. The smallest absolute Gasteiger partial charge is 0.267 e. The third kappa shape index (κ3) is 3.18. The number of carbonyl (C=O) groups excluding carboxylic acids is 1. The normalized spacial score (nSPS) is 18.8. The van der Waals surface area contributed by atoms with E-state index in [9.17, 15) is 13.2 Å². The van der Waals surface area contributed by atoms with Gasteiger partial charge >= 0.3 is 0 Å². The lowest BCUT2D eigenvalue weighted by atomic mass is 10.2. The van der Waals surface area contributed by atoms with Crippen molar-refractivity contribution in [2.24, 2.45) is 7.05 Å². The van der Waals surface area contributed by atoms with E-state index >= 15 is 0 Å². The van der Waals surface area contributed by atoms with E-state index in [-0.39, 0.29) is 16.8 Å². The van der Waals surface area contributed by atoms with E-state index in [4.69, 9.17) is 0 Å². The van der Waals surface area contributed by atoms with Gasteiger partial charge < -0.3 is 15.2 Å². The second-order valence-electron chi connectivity index (χ2n) is 5.51. The van der Waals surface area contributed by atoms with Gasteiger partial charge in [-0.2, -0.15) is 4.31 Å². The number of hydrogen-bond acceptors (Lipinski definition) is 4. The van der Waals surface area contributed by atoms with Crippen LogP contribution in [-0.2, 0) is 17.1 Å². The zero-order chi connectivity index (χ0) is 16.3. The van der Waals surface area contributed by atoms with Crippen molar-refractivity contribution in [3.63, 3.8) is 0 Å². The van der Waals surface area contributed by atoms with Gasteiger partial charge in [0.25, 0.3) is 5.91 Å². The number of nitrogens with one attached hydrogen (secondary N) is 2. The Morgan fingerprint density at radius 2 is 2.27 bits per heavy atom. The molecule has 0 saturated carbocycles. The lowest BCUT2D eigenvalue weighted by molar-refractivity contribution is 0.0955. The molecule has 1 aliphatic heterocycles. The van der Waals surface area contributed by atoms with Crippen LogP contribution in [-0.4, -0.2) is 55.9 Å². The zero-order valence-electron chi connectivity index (χ0n) is 13.3. The molecule has 1 saturated heterocycles. The van der Waals surface area contributed by atoms with Crippen molar-refractivity contribution in [2.45, 2.75) is 30.7 Å². The van der Waals surface area contributed by atoms with Crippen LogP contribution in [0.4, 0.5) is 0 Å². The summed E-state index contributed by atoms with van der Waals surface area (Å²) in [5.41, 5.74) is 0.335. The topological polar surface area (TPSA) is 83.4 Å². The maximum atomic E-state index is 12.9. The second kappa shape index (κ2) is 6.80. The molecule has 1 atom stereocenters. The quantitative estimate of drug-likeness (QED) is 0.778. The highest BCUT2D eigenvalue weighted by atomic mass is 32.2. The monoisotopic (exact) mass is 328 g/mol.